The van der Waals surface area contributed by atoms with Crippen LogP contribution in [0.15, 0.2) is 64.6 Å². The largest absolute Gasteiger partial charge is 0.490 e. The molecular formula is C29H27BrN2O5. The van der Waals surface area contributed by atoms with Gasteiger partial charge in [0.05, 0.1) is 16.8 Å². The lowest BCUT2D eigenvalue weighted by Gasteiger charge is -2.27. The second-order valence-electron chi connectivity index (χ2n) is 8.76. The molecule has 3 aromatic carbocycles. The molecule has 1 N–H and O–H groups in total. The highest BCUT2D eigenvalue weighted by Gasteiger charge is 2.37. The Labute approximate surface area is 224 Å². The van der Waals surface area contributed by atoms with Crippen molar-refractivity contribution in [1.82, 2.24) is 5.32 Å². The SMILES string of the molecule is CCOc1cc(/C=C2\C(=O)NC(=O)N(c3ccc(C)c(C)c3)C2=O)cc(Br)c1OCc1ccc(C)cc1. The normalized spacial score (nSPS) is 14.7. The maximum atomic E-state index is 13.3. The standard InChI is InChI=1S/C29H27BrN2O5/c1-5-36-25-15-21(14-24(30)26(25)37-16-20-9-6-17(2)7-10-20)13-23-27(33)31-29(35)32(28(23)34)22-11-8-18(3)19(4)12-22/h6-15H,5,16H2,1-4H3,(H,31,33,35)/b23-13+. The zero-order chi connectivity index (χ0) is 26.7. The lowest BCUT2D eigenvalue weighted by atomic mass is 10.0. The summed E-state index contributed by atoms with van der Waals surface area (Å²) >= 11 is 3.54. The third-order valence-corrected chi connectivity index (χ3v) is 6.59. The topological polar surface area (TPSA) is 84.9 Å². The van der Waals surface area contributed by atoms with Gasteiger partial charge in [0.25, 0.3) is 11.8 Å². The summed E-state index contributed by atoms with van der Waals surface area (Å²) in [7, 11) is 0. The Morgan fingerprint density at radius 2 is 1.65 bits per heavy atom. The summed E-state index contributed by atoms with van der Waals surface area (Å²) in [6.07, 6.45) is 1.44. The van der Waals surface area contributed by atoms with Crippen LogP contribution in [0.4, 0.5) is 10.5 Å². The Kier molecular flexibility index (Phi) is 7.78. The molecule has 0 unspecified atom stereocenters. The average Bonchev–Trinajstić information content (AvgIpc) is 2.84. The van der Waals surface area contributed by atoms with Crippen LogP contribution in [0, 0.1) is 20.8 Å². The average molecular weight is 563 g/mol. The van der Waals surface area contributed by atoms with E-state index in [0.29, 0.717) is 40.4 Å². The molecule has 0 aliphatic carbocycles. The molecule has 1 fully saturated rings. The van der Waals surface area contributed by atoms with Gasteiger partial charge in [0, 0.05) is 0 Å². The summed E-state index contributed by atoms with van der Waals surface area (Å²) in [4.78, 5) is 39.5. The van der Waals surface area contributed by atoms with Crippen LogP contribution < -0.4 is 19.7 Å². The van der Waals surface area contributed by atoms with Gasteiger partial charge in [-0.25, -0.2) is 9.69 Å². The van der Waals surface area contributed by atoms with E-state index in [-0.39, 0.29) is 5.57 Å². The molecule has 190 valence electrons. The van der Waals surface area contributed by atoms with Gasteiger partial charge in [-0.2, -0.15) is 0 Å². The number of imide groups is 2. The molecule has 0 bridgehead atoms. The molecule has 0 radical (unpaired) electrons. The van der Waals surface area contributed by atoms with Gasteiger partial charge in [0.2, 0.25) is 0 Å². The number of hydrogen-bond acceptors (Lipinski definition) is 5. The minimum absolute atomic E-state index is 0.166. The smallest absolute Gasteiger partial charge is 0.335 e. The zero-order valence-corrected chi connectivity index (χ0v) is 22.6. The lowest BCUT2D eigenvalue weighted by molar-refractivity contribution is -0.122. The highest BCUT2D eigenvalue weighted by molar-refractivity contribution is 9.10. The number of halogens is 1. The highest BCUT2D eigenvalue weighted by atomic mass is 79.9. The summed E-state index contributed by atoms with van der Waals surface area (Å²) in [6.45, 7) is 8.44. The molecule has 1 aliphatic heterocycles. The van der Waals surface area contributed by atoms with Crippen molar-refractivity contribution in [2.24, 2.45) is 0 Å². The van der Waals surface area contributed by atoms with E-state index in [1.807, 2.05) is 58.0 Å². The maximum absolute atomic E-state index is 13.3. The first-order valence-electron chi connectivity index (χ1n) is 11.8. The molecule has 0 atom stereocenters. The van der Waals surface area contributed by atoms with E-state index in [9.17, 15) is 14.4 Å². The van der Waals surface area contributed by atoms with Gasteiger partial charge >= 0.3 is 6.03 Å². The molecule has 37 heavy (non-hydrogen) atoms. The van der Waals surface area contributed by atoms with Crippen molar-refractivity contribution in [2.45, 2.75) is 34.3 Å². The van der Waals surface area contributed by atoms with Crippen molar-refractivity contribution in [3.8, 4) is 11.5 Å². The summed E-state index contributed by atoms with van der Waals surface area (Å²) in [5, 5.41) is 2.26. The molecule has 4 rings (SSSR count). The van der Waals surface area contributed by atoms with E-state index >= 15 is 0 Å². The van der Waals surface area contributed by atoms with Crippen molar-refractivity contribution in [2.75, 3.05) is 11.5 Å². The van der Waals surface area contributed by atoms with E-state index in [0.717, 1.165) is 27.2 Å². The Morgan fingerprint density at radius 3 is 2.32 bits per heavy atom. The lowest BCUT2D eigenvalue weighted by Crippen LogP contribution is -2.54. The molecular weight excluding hydrogens is 536 g/mol. The van der Waals surface area contributed by atoms with Crippen LogP contribution in [-0.2, 0) is 16.2 Å². The number of amides is 4. The minimum Gasteiger partial charge on any atom is -0.490 e. The van der Waals surface area contributed by atoms with Crippen LogP contribution in [-0.4, -0.2) is 24.5 Å². The number of ether oxygens (including phenoxy) is 2. The number of carbonyl (C=O) groups excluding carboxylic acids is 3. The van der Waals surface area contributed by atoms with E-state index in [1.54, 1.807) is 24.3 Å². The van der Waals surface area contributed by atoms with Crippen LogP contribution in [0.2, 0.25) is 0 Å². The molecule has 0 saturated carbocycles. The maximum Gasteiger partial charge on any atom is 0.335 e. The molecule has 4 amide bonds. The Bertz CT molecular complexity index is 1410. The first kappa shape index (κ1) is 26.2. The van der Waals surface area contributed by atoms with Gasteiger partial charge in [-0.1, -0.05) is 35.9 Å². The number of hydrogen-bond donors (Lipinski definition) is 1. The van der Waals surface area contributed by atoms with Crippen molar-refractivity contribution < 1.29 is 23.9 Å². The number of urea groups is 1. The van der Waals surface area contributed by atoms with E-state index in [2.05, 4.69) is 21.2 Å². The summed E-state index contributed by atoms with van der Waals surface area (Å²) in [6, 6.07) is 15.9. The fraction of sp³-hybridized carbons (Fsp3) is 0.207. The van der Waals surface area contributed by atoms with E-state index < -0.39 is 17.8 Å². The molecule has 7 nitrogen and oxygen atoms in total. The van der Waals surface area contributed by atoms with Crippen molar-refractivity contribution >= 4 is 45.5 Å². The number of benzene rings is 3. The Morgan fingerprint density at radius 1 is 0.919 bits per heavy atom. The van der Waals surface area contributed by atoms with Crippen molar-refractivity contribution in [3.05, 3.63) is 92.5 Å². The summed E-state index contributed by atoms with van der Waals surface area (Å²) in [5.41, 5.74) is 4.88. The van der Waals surface area contributed by atoms with Crippen LogP contribution in [0.1, 0.15) is 34.7 Å². The van der Waals surface area contributed by atoms with Crippen LogP contribution in [0.3, 0.4) is 0 Å². The van der Waals surface area contributed by atoms with Crippen LogP contribution in [0.25, 0.3) is 6.08 Å². The molecule has 0 spiro atoms. The van der Waals surface area contributed by atoms with E-state index in [1.165, 1.54) is 6.08 Å². The zero-order valence-electron chi connectivity index (χ0n) is 21.1. The quantitative estimate of drug-likeness (QED) is 0.281. The third kappa shape index (κ3) is 5.75. The number of anilines is 1. The summed E-state index contributed by atoms with van der Waals surface area (Å²) < 4.78 is 12.5. The van der Waals surface area contributed by atoms with Gasteiger partial charge < -0.3 is 9.47 Å². The van der Waals surface area contributed by atoms with Gasteiger partial charge in [-0.15, -0.1) is 0 Å². The fourth-order valence-corrected chi connectivity index (χ4v) is 4.41. The number of barbiturate groups is 1. The number of nitrogens with zero attached hydrogens (tertiary/aromatic N) is 1. The third-order valence-electron chi connectivity index (χ3n) is 6.00. The predicted molar refractivity (Wildman–Crippen MR) is 146 cm³/mol. The first-order chi connectivity index (χ1) is 17.7. The Balaban J connectivity index is 1.66. The second kappa shape index (κ2) is 11.0. The van der Waals surface area contributed by atoms with Gasteiger partial charge in [-0.05, 0) is 96.2 Å². The monoisotopic (exact) mass is 562 g/mol. The number of carbonyl (C=O) groups is 3. The second-order valence-corrected chi connectivity index (χ2v) is 9.62. The van der Waals surface area contributed by atoms with Crippen molar-refractivity contribution in [3.63, 3.8) is 0 Å². The molecule has 8 heteroatoms. The molecule has 1 aliphatic rings. The molecule has 1 saturated heterocycles. The highest BCUT2D eigenvalue weighted by Crippen LogP contribution is 2.38. The number of rotatable bonds is 7. The van der Waals surface area contributed by atoms with E-state index in [4.69, 9.17) is 9.47 Å². The molecule has 1 heterocycles. The molecule has 0 aromatic heterocycles. The van der Waals surface area contributed by atoms with Crippen molar-refractivity contribution in [1.29, 1.82) is 0 Å². The van der Waals surface area contributed by atoms with Crippen LogP contribution in [0.5, 0.6) is 11.5 Å². The minimum atomic E-state index is -0.786. The number of nitrogens with one attached hydrogen (secondary N) is 1. The van der Waals surface area contributed by atoms with Gasteiger partial charge in [-0.3, -0.25) is 14.9 Å². The predicted octanol–water partition coefficient (Wildman–Crippen LogP) is 6.02. The van der Waals surface area contributed by atoms with Gasteiger partial charge in [0.1, 0.15) is 12.2 Å². The fourth-order valence-electron chi connectivity index (χ4n) is 3.84. The summed E-state index contributed by atoms with van der Waals surface area (Å²) in [5.74, 6) is -0.493. The Hall–Kier alpha value is -3.91. The van der Waals surface area contributed by atoms with Crippen LogP contribution >= 0.6 is 15.9 Å². The molecule has 3 aromatic rings. The first-order valence-corrected chi connectivity index (χ1v) is 12.6. The van der Waals surface area contributed by atoms with Gasteiger partial charge in [0.15, 0.2) is 11.5 Å². The number of aryl methyl sites for hydroxylation is 3.